The van der Waals surface area contributed by atoms with E-state index < -0.39 is 0 Å². The lowest BCUT2D eigenvalue weighted by Crippen LogP contribution is -2.55. The number of rotatable bonds is 2. The van der Waals surface area contributed by atoms with E-state index in [9.17, 15) is 9.59 Å². The molecule has 27 heavy (non-hydrogen) atoms. The van der Waals surface area contributed by atoms with E-state index in [1.807, 2.05) is 32.9 Å². The second-order valence-corrected chi connectivity index (χ2v) is 8.04. The molecule has 0 unspecified atom stereocenters. The molecule has 2 fully saturated rings. The Kier molecular flexibility index (Phi) is 5.34. The van der Waals surface area contributed by atoms with E-state index in [0.717, 1.165) is 64.2 Å². The lowest BCUT2D eigenvalue weighted by atomic mass is 10.1. The van der Waals surface area contributed by atoms with Gasteiger partial charge in [0, 0.05) is 51.0 Å². The molecule has 0 aliphatic carbocycles. The van der Waals surface area contributed by atoms with Gasteiger partial charge >= 0.3 is 6.03 Å². The van der Waals surface area contributed by atoms with Crippen molar-refractivity contribution in [1.82, 2.24) is 14.7 Å². The first-order valence-corrected chi connectivity index (χ1v) is 10.3. The molecule has 3 heterocycles. The maximum atomic E-state index is 12.9. The highest BCUT2D eigenvalue weighted by Gasteiger charge is 2.32. The lowest BCUT2D eigenvalue weighted by Gasteiger charge is -2.38. The number of hydrogen-bond acceptors (Lipinski definition) is 3. The molecule has 0 saturated carbocycles. The first-order chi connectivity index (χ1) is 13.1. The Morgan fingerprint density at radius 2 is 1.59 bits per heavy atom. The molecule has 1 aromatic rings. The van der Waals surface area contributed by atoms with Crippen LogP contribution >= 0.6 is 0 Å². The predicted molar refractivity (Wildman–Crippen MR) is 106 cm³/mol. The summed E-state index contributed by atoms with van der Waals surface area (Å²) in [5, 5.41) is 0. The minimum atomic E-state index is 0.170. The van der Waals surface area contributed by atoms with Gasteiger partial charge < -0.3 is 14.7 Å². The molecule has 3 amide bonds. The number of para-hydroxylation sites is 1. The minimum Gasteiger partial charge on any atom is -0.325 e. The van der Waals surface area contributed by atoms with E-state index in [4.69, 9.17) is 0 Å². The van der Waals surface area contributed by atoms with Gasteiger partial charge in [-0.15, -0.1) is 0 Å². The Bertz CT molecular complexity index is 693. The molecule has 146 valence electrons. The monoisotopic (exact) mass is 370 g/mol. The zero-order chi connectivity index (χ0) is 18.8. The number of piperidine rings is 1. The van der Waals surface area contributed by atoms with Gasteiger partial charge in [-0.2, -0.15) is 0 Å². The van der Waals surface area contributed by atoms with Crippen LogP contribution in [-0.4, -0.2) is 78.5 Å². The van der Waals surface area contributed by atoms with E-state index in [1.54, 1.807) is 0 Å². The van der Waals surface area contributed by atoms with Crippen molar-refractivity contribution >= 4 is 17.6 Å². The third-order valence-electron chi connectivity index (χ3n) is 6.10. The number of piperazine rings is 1. The Balaban J connectivity index is 1.30. The van der Waals surface area contributed by atoms with Crippen molar-refractivity contribution < 1.29 is 9.59 Å². The maximum absolute atomic E-state index is 12.9. The second-order valence-electron chi connectivity index (χ2n) is 8.04. The smallest absolute Gasteiger partial charge is 0.320 e. The highest BCUT2D eigenvalue weighted by atomic mass is 16.2. The summed E-state index contributed by atoms with van der Waals surface area (Å²) >= 11 is 0. The van der Waals surface area contributed by atoms with Crippen LogP contribution in [0.1, 0.15) is 31.7 Å². The number of hydrogen-bond donors (Lipinski definition) is 0. The Labute approximate surface area is 161 Å². The third kappa shape index (κ3) is 3.81. The quantitative estimate of drug-likeness (QED) is 0.802. The van der Waals surface area contributed by atoms with Crippen LogP contribution in [0.4, 0.5) is 10.5 Å². The number of urea groups is 1. The number of benzene rings is 1. The van der Waals surface area contributed by atoms with Gasteiger partial charge in [-0.05, 0) is 44.2 Å². The van der Waals surface area contributed by atoms with Crippen LogP contribution in [0.5, 0.6) is 0 Å². The first-order valence-electron chi connectivity index (χ1n) is 10.3. The summed E-state index contributed by atoms with van der Waals surface area (Å²) in [5.41, 5.74) is 2.32. The molecular formula is C21H30N4O2. The van der Waals surface area contributed by atoms with Crippen LogP contribution in [0, 0.1) is 0 Å². The van der Waals surface area contributed by atoms with Crippen LogP contribution < -0.4 is 4.90 Å². The van der Waals surface area contributed by atoms with E-state index in [-0.39, 0.29) is 18.0 Å². The summed E-state index contributed by atoms with van der Waals surface area (Å²) in [6.45, 7) is 7.32. The SMILES string of the molecule is C[C@H]1Cc2ccccc2N1C(=O)CN1CCN(C(=O)N2CCCCC2)CC1. The molecule has 4 rings (SSSR count). The molecule has 0 aromatic heterocycles. The molecule has 6 heteroatoms. The maximum Gasteiger partial charge on any atom is 0.320 e. The van der Waals surface area contributed by atoms with Gasteiger partial charge in [0.1, 0.15) is 0 Å². The number of likely N-dealkylation sites (tertiary alicyclic amines) is 1. The molecule has 2 saturated heterocycles. The Hall–Kier alpha value is -2.08. The van der Waals surface area contributed by atoms with Gasteiger partial charge in [-0.25, -0.2) is 4.79 Å². The van der Waals surface area contributed by atoms with Crippen LogP contribution in [0.3, 0.4) is 0 Å². The second kappa shape index (κ2) is 7.89. The fraction of sp³-hybridized carbons (Fsp3) is 0.619. The molecule has 1 atom stereocenters. The largest absolute Gasteiger partial charge is 0.325 e. The van der Waals surface area contributed by atoms with E-state index in [0.29, 0.717) is 6.54 Å². The van der Waals surface area contributed by atoms with Crippen LogP contribution in [-0.2, 0) is 11.2 Å². The van der Waals surface area contributed by atoms with Crippen molar-refractivity contribution in [3.05, 3.63) is 29.8 Å². The molecule has 3 aliphatic rings. The van der Waals surface area contributed by atoms with Crippen LogP contribution in [0.2, 0.25) is 0 Å². The zero-order valence-corrected chi connectivity index (χ0v) is 16.3. The molecule has 0 radical (unpaired) electrons. The number of fused-ring (bicyclic) bond motifs is 1. The van der Waals surface area contributed by atoms with Crippen molar-refractivity contribution in [1.29, 1.82) is 0 Å². The molecule has 1 aromatic carbocycles. The Morgan fingerprint density at radius 1 is 0.926 bits per heavy atom. The number of amides is 3. The van der Waals surface area contributed by atoms with Gasteiger partial charge in [0.05, 0.1) is 6.54 Å². The van der Waals surface area contributed by atoms with Crippen molar-refractivity contribution in [2.75, 3.05) is 50.7 Å². The standard InChI is InChI=1S/C21H30N4O2/c1-17-15-18-7-3-4-8-19(18)25(17)20(26)16-22-11-13-24(14-12-22)21(27)23-9-5-2-6-10-23/h3-4,7-8,17H,2,5-6,9-16H2,1H3/t17-/m0/s1. The highest BCUT2D eigenvalue weighted by Crippen LogP contribution is 2.31. The first kappa shape index (κ1) is 18.3. The third-order valence-corrected chi connectivity index (χ3v) is 6.10. The average molecular weight is 370 g/mol. The molecule has 0 spiro atoms. The zero-order valence-electron chi connectivity index (χ0n) is 16.3. The van der Waals surface area contributed by atoms with Crippen LogP contribution in [0.15, 0.2) is 24.3 Å². The van der Waals surface area contributed by atoms with Gasteiger partial charge in [0.25, 0.3) is 0 Å². The summed E-state index contributed by atoms with van der Waals surface area (Å²) in [4.78, 5) is 33.7. The summed E-state index contributed by atoms with van der Waals surface area (Å²) < 4.78 is 0. The van der Waals surface area contributed by atoms with Crippen molar-refractivity contribution in [2.45, 2.75) is 38.6 Å². The number of nitrogens with zero attached hydrogens (tertiary/aromatic N) is 4. The minimum absolute atomic E-state index is 0.170. The number of anilines is 1. The van der Waals surface area contributed by atoms with E-state index in [1.165, 1.54) is 12.0 Å². The lowest BCUT2D eigenvalue weighted by molar-refractivity contribution is -0.120. The van der Waals surface area contributed by atoms with Gasteiger partial charge in [-0.1, -0.05) is 18.2 Å². The van der Waals surface area contributed by atoms with Gasteiger partial charge in [0.15, 0.2) is 0 Å². The van der Waals surface area contributed by atoms with Crippen LogP contribution in [0.25, 0.3) is 0 Å². The highest BCUT2D eigenvalue weighted by molar-refractivity contribution is 5.97. The summed E-state index contributed by atoms with van der Waals surface area (Å²) in [6.07, 6.45) is 4.41. The Morgan fingerprint density at radius 3 is 2.33 bits per heavy atom. The molecule has 0 bridgehead atoms. The molecule has 0 N–H and O–H groups in total. The summed E-state index contributed by atoms with van der Waals surface area (Å²) in [7, 11) is 0. The van der Waals surface area contributed by atoms with Crippen molar-refractivity contribution in [3.8, 4) is 0 Å². The van der Waals surface area contributed by atoms with E-state index in [2.05, 4.69) is 17.9 Å². The van der Waals surface area contributed by atoms with Crippen molar-refractivity contribution in [3.63, 3.8) is 0 Å². The number of carbonyl (C=O) groups excluding carboxylic acids is 2. The van der Waals surface area contributed by atoms with Gasteiger partial charge in [-0.3, -0.25) is 9.69 Å². The average Bonchev–Trinajstić information content (AvgIpc) is 3.04. The fourth-order valence-corrected chi connectivity index (χ4v) is 4.60. The van der Waals surface area contributed by atoms with E-state index >= 15 is 0 Å². The fourth-order valence-electron chi connectivity index (χ4n) is 4.60. The summed E-state index contributed by atoms with van der Waals surface area (Å²) in [6, 6.07) is 8.61. The molecular weight excluding hydrogens is 340 g/mol. The topological polar surface area (TPSA) is 47.1 Å². The van der Waals surface area contributed by atoms with Gasteiger partial charge in [0.2, 0.25) is 5.91 Å². The summed E-state index contributed by atoms with van der Waals surface area (Å²) in [5.74, 6) is 0.170. The molecule has 6 nitrogen and oxygen atoms in total. The number of carbonyl (C=O) groups is 2. The predicted octanol–water partition coefficient (Wildman–Crippen LogP) is 2.19. The molecule has 3 aliphatic heterocycles. The van der Waals surface area contributed by atoms with Crippen molar-refractivity contribution in [2.24, 2.45) is 0 Å². The normalized spacial score (nSPS) is 23.4.